The zero-order valence-electron chi connectivity index (χ0n) is 10.0. The van der Waals surface area contributed by atoms with Crippen LogP contribution in [0.25, 0.3) is 0 Å². The molecular formula is C14H21NS. The Labute approximate surface area is 103 Å². The lowest BCUT2D eigenvalue weighted by Crippen LogP contribution is -2.33. The van der Waals surface area contributed by atoms with Crippen LogP contribution in [0.15, 0.2) is 24.3 Å². The maximum atomic E-state index is 3.65. The summed E-state index contributed by atoms with van der Waals surface area (Å²) in [5, 5.41) is 3.65. The third-order valence-electron chi connectivity index (χ3n) is 3.19. The fourth-order valence-corrected chi connectivity index (χ4v) is 3.16. The van der Waals surface area contributed by atoms with Gasteiger partial charge >= 0.3 is 0 Å². The quantitative estimate of drug-likeness (QED) is 0.860. The molecule has 1 fully saturated rings. The summed E-state index contributed by atoms with van der Waals surface area (Å²) in [6, 6.07) is 9.72. The average Bonchev–Trinajstić information content (AvgIpc) is 2.38. The lowest BCUT2D eigenvalue weighted by atomic mass is 10.1. The van der Waals surface area contributed by atoms with Gasteiger partial charge in [-0.2, -0.15) is 11.8 Å². The number of nitrogens with one attached hydrogen (secondary N) is 1. The van der Waals surface area contributed by atoms with Crippen molar-refractivity contribution in [2.75, 3.05) is 11.5 Å². The molecule has 1 aliphatic heterocycles. The smallest absolute Gasteiger partial charge is 0.0208 e. The van der Waals surface area contributed by atoms with Crippen molar-refractivity contribution in [3.63, 3.8) is 0 Å². The van der Waals surface area contributed by atoms with E-state index in [1.807, 2.05) is 0 Å². The van der Waals surface area contributed by atoms with Gasteiger partial charge < -0.3 is 5.32 Å². The molecule has 1 nitrogen and oxygen atoms in total. The zero-order valence-corrected chi connectivity index (χ0v) is 10.9. The van der Waals surface area contributed by atoms with Crippen LogP contribution in [0.5, 0.6) is 0 Å². The second-order valence-electron chi connectivity index (χ2n) is 4.47. The van der Waals surface area contributed by atoms with E-state index >= 15 is 0 Å². The molecule has 2 rings (SSSR count). The van der Waals surface area contributed by atoms with E-state index in [0.29, 0.717) is 0 Å². The number of rotatable bonds is 4. The summed E-state index contributed by atoms with van der Waals surface area (Å²) in [6.45, 7) is 3.22. The van der Waals surface area contributed by atoms with Gasteiger partial charge in [-0.15, -0.1) is 0 Å². The van der Waals surface area contributed by atoms with Crippen LogP contribution in [0.2, 0.25) is 0 Å². The van der Waals surface area contributed by atoms with E-state index in [9.17, 15) is 0 Å². The van der Waals surface area contributed by atoms with E-state index in [-0.39, 0.29) is 0 Å². The first kappa shape index (κ1) is 12.0. The predicted octanol–water partition coefficient (Wildman–Crippen LogP) is 3.23. The Morgan fingerprint density at radius 2 is 2.00 bits per heavy atom. The van der Waals surface area contributed by atoms with Crippen LogP contribution in [0.3, 0.4) is 0 Å². The molecule has 0 spiro atoms. The first-order valence-electron chi connectivity index (χ1n) is 6.27. The second kappa shape index (κ2) is 6.31. The molecule has 16 heavy (non-hydrogen) atoms. The number of aryl methyl sites for hydroxylation is 1. The SMILES string of the molecule is CCc1ccc(CNC2CCCSC2)cc1. The molecule has 0 aliphatic carbocycles. The number of benzene rings is 1. The largest absolute Gasteiger partial charge is 0.309 e. The van der Waals surface area contributed by atoms with Crippen molar-refractivity contribution in [1.82, 2.24) is 5.32 Å². The lowest BCUT2D eigenvalue weighted by Gasteiger charge is -2.22. The molecule has 0 amide bonds. The molecule has 88 valence electrons. The minimum atomic E-state index is 0.726. The first-order valence-corrected chi connectivity index (χ1v) is 7.43. The standard InChI is InChI=1S/C14H21NS/c1-2-12-5-7-13(8-6-12)10-15-14-4-3-9-16-11-14/h5-8,14-15H,2-4,9-11H2,1H3. The molecule has 1 saturated heterocycles. The molecule has 1 aromatic rings. The molecular weight excluding hydrogens is 214 g/mol. The molecule has 1 aliphatic rings. The van der Waals surface area contributed by atoms with Gasteiger partial charge in [0, 0.05) is 18.3 Å². The van der Waals surface area contributed by atoms with Crippen LogP contribution in [0, 0.1) is 0 Å². The van der Waals surface area contributed by atoms with Crippen LogP contribution in [-0.2, 0) is 13.0 Å². The minimum Gasteiger partial charge on any atom is -0.309 e. The fourth-order valence-electron chi connectivity index (χ4n) is 2.06. The van der Waals surface area contributed by atoms with Crippen molar-refractivity contribution >= 4 is 11.8 Å². The maximum absolute atomic E-state index is 3.65. The number of thioether (sulfide) groups is 1. The third kappa shape index (κ3) is 3.53. The molecule has 0 aromatic heterocycles. The van der Waals surface area contributed by atoms with Crippen molar-refractivity contribution in [3.8, 4) is 0 Å². The predicted molar refractivity (Wildman–Crippen MR) is 73.0 cm³/mol. The van der Waals surface area contributed by atoms with Crippen molar-refractivity contribution in [2.45, 2.75) is 38.8 Å². The lowest BCUT2D eigenvalue weighted by molar-refractivity contribution is 0.507. The number of hydrogen-bond donors (Lipinski definition) is 1. The third-order valence-corrected chi connectivity index (χ3v) is 4.40. The Kier molecular flexibility index (Phi) is 4.73. The highest BCUT2D eigenvalue weighted by Gasteiger charge is 2.12. The molecule has 0 radical (unpaired) electrons. The van der Waals surface area contributed by atoms with E-state index in [4.69, 9.17) is 0 Å². The summed E-state index contributed by atoms with van der Waals surface area (Å²) in [7, 11) is 0. The molecule has 2 heteroatoms. The Balaban J connectivity index is 1.79. The van der Waals surface area contributed by atoms with Crippen LogP contribution in [-0.4, -0.2) is 17.5 Å². The van der Waals surface area contributed by atoms with E-state index < -0.39 is 0 Å². The second-order valence-corrected chi connectivity index (χ2v) is 5.61. The van der Waals surface area contributed by atoms with Crippen LogP contribution in [0.1, 0.15) is 30.9 Å². The normalized spacial score (nSPS) is 20.9. The van der Waals surface area contributed by atoms with Gasteiger partial charge in [-0.1, -0.05) is 31.2 Å². The van der Waals surface area contributed by atoms with E-state index in [2.05, 4.69) is 48.3 Å². The van der Waals surface area contributed by atoms with Gasteiger partial charge in [0.15, 0.2) is 0 Å². The molecule has 1 atom stereocenters. The molecule has 0 bridgehead atoms. The minimum absolute atomic E-state index is 0.726. The van der Waals surface area contributed by atoms with Gasteiger partial charge in [0.25, 0.3) is 0 Å². The van der Waals surface area contributed by atoms with E-state index in [0.717, 1.165) is 19.0 Å². The Bertz CT molecular complexity index is 301. The van der Waals surface area contributed by atoms with Gasteiger partial charge in [-0.25, -0.2) is 0 Å². The highest BCUT2D eigenvalue weighted by Crippen LogP contribution is 2.17. The highest BCUT2D eigenvalue weighted by molar-refractivity contribution is 7.99. The average molecular weight is 235 g/mol. The van der Waals surface area contributed by atoms with E-state index in [1.54, 1.807) is 0 Å². The summed E-state index contributed by atoms with van der Waals surface area (Å²) in [4.78, 5) is 0. The van der Waals surface area contributed by atoms with E-state index in [1.165, 1.54) is 35.5 Å². The van der Waals surface area contributed by atoms with Gasteiger partial charge in [0.05, 0.1) is 0 Å². The summed E-state index contributed by atoms with van der Waals surface area (Å²) in [6.07, 6.45) is 3.85. The van der Waals surface area contributed by atoms with Crippen molar-refractivity contribution < 1.29 is 0 Å². The first-order chi connectivity index (χ1) is 7.88. The van der Waals surface area contributed by atoms with Crippen LogP contribution >= 0.6 is 11.8 Å². The van der Waals surface area contributed by atoms with Crippen LogP contribution in [0.4, 0.5) is 0 Å². The van der Waals surface area contributed by atoms with Gasteiger partial charge in [0.1, 0.15) is 0 Å². The zero-order chi connectivity index (χ0) is 11.2. The summed E-state index contributed by atoms with van der Waals surface area (Å²) < 4.78 is 0. The Hall–Kier alpha value is -0.470. The monoisotopic (exact) mass is 235 g/mol. The van der Waals surface area contributed by atoms with Crippen LogP contribution < -0.4 is 5.32 Å². The number of hydrogen-bond acceptors (Lipinski definition) is 2. The van der Waals surface area contributed by atoms with Gasteiger partial charge in [0.2, 0.25) is 0 Å². The van der Waals surface area contributed by atoms with Gasteiger partial charge in [-0.3, -0.25) is 0 Å². The molecule has 0 saturated carbocycles. The van der Waals surface area contributed by atoms with Crippen molar-refractivity contribution in [2.24, 2.45) is 0 Å². The highest BCUT2D eigenvalue weighted by atomic mass is 32.2. The summed E-state index contributed by atoms with van der Waals surface area (Å²) >= 11 is 2.08. The topological polar surface area (TPSA) is 12.0 Å². The molecule has 1 unspecified atom stereocenters. The maximum Gasteiger partial charge on any atom is 0.0208 e. The van der Waals surface area contributed by atoms with Crippen molar-refractivity contribution in [3.05, 3.63) is 35.4 Å². The molecule has 1 aromatic carbocycles. The fraction of sp³-hybridized carbons (Fsp3) is 0.571. The summed E-state index contributed by atoms with van der Waals surface area (Å²) in [5.74, 6) is 2.64. The van der Waals surface area contributed by atoms with Gasteiger partial charge in [-0.05, 0) is 36.1 Å². The summed E-state index contributed by atoms with van der Waals surface area (Å²) in [5.41, 5.74) is 2.84. The van der Waals surface area contributed by atoms with Crippen molar-refractivity contribution in [1.29, 1.82) is 0 Å². The molecule has 1 heterocycles. The Morgan fingerprint density at radius 1 is 1.25 bits per heavy atom. The molecule has 1 N–H and O–H groups in total. The Morgan fingerprint density at radius 3 is 2.62 bits per heavy atom.